The Morgan fingerprint density at radius 3 is 2.71 bits per heavy atom. The molecule has 0 saturated heterocycles. The highest BCUT2D eigenvalue weighted by atomic mass is 35.5. The van der Waals surface area contributed by atoms with Gasteiger partial charge in [-0.2, -0.15) is 0 Å². The van der Waals surface area contributed by atoms with Crippen LogP contribution in [0.5, 0.6) is 0 Å². The molecule has 0 aromatic carbocycles. The van der Waals surface area contributed by atoms with Crippen molar-refractivity contribution in [3.05, 3.63) is 39.7 Å². The van der Waals surface area contributed by atoms with Gasteiger partial charge in [-0.3, -0.25) is 9.69 Å². The molecular formula is C11H10ClN3OS. The number of carbonyl (C=O) groups excluding carboxylic acids is 1. The molecule has 2 aromatic heterocycles. The SMILES string of the molecule is CN(C(=O)c1ccc(Cl)s1)c1ccc(N)cn1. The average Bonchev–Trinajstić information content (AvgIpc) is 2.75. The Morgan fingerprint density at radius 2 is 2.18 bits per heavy atom. The van der Waals surface area contributed by atoms with Gasteiger partial charge in [0.25, 0.3) is 5.91 Å². The fourth-order valence-electron chi connectivity index (χ4n) is 1.29. The van der Waals surface area contributed by atoms with Gasteiger partial charge in [-0.1, -0.05) is 11.6 Å². The van der Waals surface area contributed by atoms with E-state index in [1.54, 1.807) is 31.3 Å². The van der Waals surface area contributed by atoms with Crippen molar-refractivity contribution in [1.29, 1.82) is 0 Å². The molecule has 1 amide bonds. The van der Waals surface area contributed by atoms with Crippen molar-refractivity contribution in [2.24, 2.45) is 0 Å². The number of carbonyl (C=O) groups is 1. The van der Waals surface area contributed by atoms with Crippen LogP contribution < -0.4 is 10.6 Å². The van der Waals surface area contributed by atoms with Crippen molar-refractivity contribution in [2.75, 3.05) is 17.7 Å². The van der Waals surface area contributed by atoms with Crippen molar-refractivity contribution < 1.29 is 4.79 Å². The van der Waals surface area contributed by atoms with E-state index >= 15 is 0 Å². The monoisotopic (exact) mass is 267 g/mol. The Balaban J connectivity index is 2.23. The molecule has 0 unspecified atom stereocenters. The van der Waals surface area contributed by atoms with Crippen LogP contribution in [0.15, 0.2) is 30.5 Å². The zero-order chi connectivity index (χ0) is 12.4. The molecule has 0 atom stereocenters. The van der Waals surface area contributed by atoms with Crippen molar-refractivity contribution in [3.8, 4) is 0 Å². The maximum Gasteiger partial charge on any atom is 0.269 e. The molecule has 17 heavy (non-hydrogen) atoms. The predicted octanol–water partition coefficient (Wildman–Crippen LogP) is 2.66. The van der Waals surface area contributed by atoms with Crippen molar-refractivity contribution in [3.63, 3.8) is 0 Å². The maximum absolute atomic E-state index is 12.0. The van der Waals surface area contributed by atoms with E-state index < -0.39 is 0 Å². The van der Waals surface area contributed by atoms with Crippen molar-refractivity contribution in [1.82, 2.24) is 4.98 Å². The van der Waals surface area contributed by atoms with Crippen LogP contribution in [0.2, 0.25) is 4.34 Å². The van der Waals surface area contributed by atoms with Gasteiger partial charge < -0.3 is 5.73 Å². The lowest BCUT2D eigenvalue weighted by atomic mass is 10.3. The highest BCUT2D eigenvalue weighted by Gasteiger charge is 2.16. The Bertz CT molecular complexity index is 538. The van der Waals surface area contributed by atoms with Crippen LogP contribution in [0.4, 0.5) is 11.5 Å². The summed E-state index contributed by atoms with van der Waals surface area (Å²) in [6.07, 6.45) is 1.51. The highest BCUT2D eigenvalue weighted by Crippen LogP contribution is 2.23. The lowest BCUT2D eigenvalue weighted by Crippen LogP contribution is -2.26. The Labute approximate surface area is 108 Å². The van der Waals surface area contributed by atoms with Crippen LogP contribution in [0.3, 0.4) is 0 Å². The molecule has 88 valence electrons. The molecule has 0 aliphatic carbocycles. The zero-order valence-electron chi connectivity index (χ0n) is 9.05. The van der Waals surface area contributed by atoms with Gasteiger partial charge in [0.15, 0.2) is 0 Å². The minimum Gasteiger partial charge on any atom is -0.397 e. The molecule has 4 nitrogen and oxygen atoms in total. The molecule has 0 fully saturated rings. The molecule has 2 N–H and O–H groups in total. The number of nitrogens with zero attached hydrogens (tertiary/aromatic N) is 2. The Kier molecular flexibility index (Phi) is 3.31. The van der Waals surface area contributed by atoms with E-state index in [1.165, 1.54) is 22.4 Å². The quantitative estimate of drug-likeness (QED) is 0.910. The standard InChI is InChI=1S/C11H10ClN3OS/c1-15(10-5-2-7(13)6-14-10)11(16)8-3-4-9(12)17-8/h2-6H,13H2,1H3. The van der Waals surface area contributed by atoms with E-state index in [1.807, 2.05) is 0 Å². The van der Waals surface area contributed by atoms with Crippen LogP contribution in [0, 0.1) is 0 Å². The average molecular weight is 268 g/mol. The highest BCUT2D eigenvalue weighted by molar-refractivity contribution is 7.18. The number of aromatic nitrogens is 1. The number of pyridine rings is 1. The first-order valence-corrected chi connectivity index (χ1v) is 6.02. The van der Waals surface area contributed by atoms with Gasteiger partial charge in [0, 0.05) is 7.05 Å². The second-order valence-corrected chi connectivity index (χ2v) is 5.13. The van der Waals surface area contributed by atoms with E-state index in [2.05, 4.69) is 4.98 Å². The third-order valence-corrected chi connectivity index (χ3v) is 3.42. The van der Waals surface area contributed by atoms with Crippen LogP contribution in [0.1, 0.15) is 9.67 Å². The number of nitrogen functional groups attached to an aromatic ring is 1. The fourth-order valence-corrected chi connectivity index (χ4v) is 2.31. The number of halogens is 1. The summed E-state index contributed by atoms with van der Waals surface area (Å²) in [6.45, 7) is 0. The van der Waals surface area contributed by atoms with Gasteiger partial charge in [0.2, 0.25) is 0 Å². The summed E-state index contributed by atoms with van der Waals surface area (Å²) in [4.78, 5) is 18.2. The van der Waals surface area contributed by atoms with Crippen molar-refractivity contribution in [2.45, 2.75) is 0 Å². The molecule has 2 aromatic rings. The first-order chi connectivity index (χ1) is 8.08. The molecule has 0 spiro atoms. The van der Waals surface area contributed by atoms with E-state index in [9.17, 15) is 4.79 Å². The molecular weight excluding hydrogens is 258 g/mol. The second kappa shape index (κ2) is 4.73. The zero-order valence-corrected chi connectivity index (χ0v) is 10.6. The van der Waals surface area contributed by atoms with Gasteiger partial charge in [0.05, 0.1) is 21.1 Å². The van der Waals surface area contributed by atoms with Crippen LogP contribution >= 0.6 is 22.9 Å². The number of anilines is 2. The van der Waals surface area contributed by atoms with Crippen LogP contribution in [-0.2, 0) is 0 Å². The van der Waals surface area contributed by atoms with Gasteiger partial charge in [-0.05, 0) is 24.3 Å². The van der Waals surface area contributed by atoms with Gasteiger partial charge in [0.1, 0.15) is 5.82 Å². The first-order valence-electron chi connectivity index (χ1n) is 4.83. The lowest BCUT2D eigenvalue weighted by molar-refractivity contribution is 0.0996. The van der Waals surface area contributed by atoms with Gasteiger partial charge in [-0.25, -0.2) is 4.98 Å². The molecule has 0 aliphatic heterocycles. The predicted molar refractivity (Wildman–Crippen MR) is 70.7 cm³/mol. The van der Waals surface area contributed by atoms with Crippen molar-refractivity contribution >= 4 is 40.4 Å². The largest absolute Gasteiger partial charge is 0.397 e. The number of thiophene rings is 1. The third kappa shape index (κ3) is 2.57. The van der Waals surface area contributed by atoms with Gasteiger partial charge >= 0.3 is 0 Å². The second-order valence-electron chi connectivity index (χ2n) is 3.42. The van der Waals surface area contributed by atoms with E-state index in [0.29, 0.717) is 20.7 Å². The van der Waals surface area contributed by atoms with E-state index in [0.717, 1.165) is 0 Å². The normalized spacial score (nSPS) is 10.2. The summed E-state index contributed by atoms with van der Waals surface area (Å²) in [5, 5.41) is 0. The number of hydrogen-bond acceptors (Lipinski definition) is 4. The first kappa shape index (κ1) is 11.9. The number of rotatable bonds is 2. The topological polar surface area (TPSA) is 59.2 Å². The number of amides is 1. The summed E-state index contributed by atoms with van der Waals surface area (Å²) >= 11 is 7.04. The minimum atomic E-state index is -0.140. The number of hydrogen-bond donors (Lipinski definition) is 1. The molecule has 2 rings (SSSR count). The van der Waals surface area contributed by atoms with Crippen LogP contribution in [-0.4, -0.2) is 17.9 Å². The number of nitrogens with two attached hydrogens (primary N) is 1. The Morgan fingerprint density at radius 1 is 1.41 bits per heavy atom. The summed E-state index contributed by atoms with van der Waals surface area (Å²) in [7, 11) is 1.66. The van der Waals surface area contributed by atoms with E-state index in [-0.39, 0.29) is 5.91 Å². The Hall–Kier alpha value is -1.59. The molecule has 0 aliphatic rings. The maximum atomic E-state index is 12.0. The summed E-state index contributed by atoms with van der Waals surface area (Å²) in [5.74, 6) is 0.410. The molecule has 0 radical (unpaired) electrons. The molecule has 0 bridgehead atoms. The van der Waals surface area contributed by atoms with Gasteiger partial charge in [-0.15, -0.1) is 11.3 Å². The minimum absolute atomic E-state index is 0.140. The summed E-state index contributed by atoms with van der Waals surface area (Å²) in [5.41, 5.74) is 6.10. The smallest absolute Gasteiger partial charge is 0.269 e. The van der Waals surface area contributed by atoms with Crippen LogP contribution in [0.25, 0.3) is 0 Å². The third-order valence-electron chi connectivity index (χ3n) is 2.20. The van der Waals surface area contributed by atoms with E-state index in [4.69, 9.17) is 17.3 Å². The molecule has 6 heteroatoms. The molecule has 2 heterocycles. The molecule has 0 saturated carbocycles. The fraction of sp³-hybridized carbons (Fsp3) is 0.0909. The lowest BCUT2D eigenvalue weighted by Gasteiger charge is -2.14. The summed E-state index contributed by atoms with van der Waals surface area (Å²) < 4.78 is 0.590. The summed E-state index contributed by atoms with van der Waals surface area (Å²) in [6, 6.07) is 6.79.